The van der Waals surface area contributed by atoms with Crippen LogP contribution in [0.25, 0.3) is 0 Å². The van der Waals surface area contributed by atoms with Crippen LogP contribution >= 0.6 is 11.6 Å². The zero-order valence-electron chi connectivity index (χ0n) is 12.7. The van der Waals surface area contributed by atoms with Gasteiger partial charge < -0.3 is 11.1 Å². The molecule has 1 aliphatic rings. The molecule has 0 radical (unpaired) electrons. The number of anilines is 2. The Morgan fingerprint density at radius 1 is 1.52 bits per heavy atom. The topological polar surface area (TPSA) is 58.4 Å². The molecule has 2 rings (SSSR count). The molecule has 0 aromatic heterocycles. The molecule has 1 fully saturated rings. The molecule has 1 aliphatic heterocycles. The Balaban J connectivity index is 1.83. The average molecular weight is 310 g/mol. The first-order valence-electron chi connectivity index (χ1n) is 7.56. The standard InChI is InChI=1S/C16H24ClN3O/c1-11(2)15-4-3-8-20(15)9-7-16(21)19-12-5-6-13(17)14(18)10-12/h5-6,10-11,15H,3-4,7-9,18H2,1-2H3,(H,19,21). The van der Waals surface area contributed by atoms with Gasteiger partial charge in [0.25, 0.3) is 0 Å². The van der Waals surface area contributed by atoms with Gasteiger partial charge in [-0.3, -0.25) is 9.69 Å². The number of carbonyl (C=O) groups is 1. The molecule has 4 nitrogen and oxygen atoms in total. The monoisotopic (exact) mass is 309 g/mol. The zero-order chi connectivity index (χ0) is 15.4. The number of carbonyl (C=O) groups excluding carboxylic acids is 1. The maximum absolute atomic E-state index is 12.0. The normalized spacial score (nSPS) is 19.1. The van der Waals surface area contributed by atoms with Gasteiger partial charge in [0.15, 0.2) is 0 Å². The summed E-state index contributed by atoms with van der Waals surface area (Å²) in [6.07, 6.45) is 2.98. The summed E-state index contributed by atoms with van der Waals surface area (Å²) in [5, 5.41) is 3.38. The molecular formula is C16H24ClN3O. The van der Waals surface area contributed by atoms with E-state index in [4.69, 9.17) is 17.3 Å². The minimum absolute atomic E-state index is 0.0196. The Labute approximate surface area is 131 Å². The lowest BCUT2D eigenvalue weighted by atomic mass is 10.0. The molecule has 3 N–H and O–H groups in total. The molecule has 1 saturated heterocycles. The predicted molar refractivity (Wildman–Crippen MR) is 88.5 cm³/mol. The number of nitrogen functional groups attached to an aromatic ring is 1. The molecule has 1 unspecified atom stereocenters. The van der Waals surface area contributed by atoms with Crippen molar-refractivity contribution in [1.82, 2.24) is 4.90 Å². The number of nitrogens with zero attached hydrogens (tertiary/aromatic N) is 1. The molecule has 1 heterocycles. The molecule has 1 amide bonds. The Morgan fingerprint density at radius 2 is 2.29 bits per heavy atom. The lowest BCUT2D eigenvalue weighted by molar-refractivity contribution is -0.116. The molecule has 1 atom stereocenters. The van der Waals surface area contributed by atoms with Crippen molar-refractivity contribution in [1.29, 1.82) is 0 Å². The fraction of sp³-hybridized carbons (Fsp3) is 0.562. The van der Waals surface area contributed by atoms with Gasteiger partial charge in [-0.2, -0.15) is 0 Å². The zero-order valence-corrected chi connectivity index (χ0v) is 13.5. The second kappa shape index (κ2) is 7.14. The second-order valence-corrected chi connectivity index (χ2v) is 6.43. The van der Waals surface area contributed by atoms with Crippen LogP contribution in [0.4, 0.5) is 11.4 Å². The van der Waals surface area contributed by atoms with Gasteiger partial charge in [0.1, 0.15) is 0 Å². The lowest BCUT2D eigenvalue weighted by Gasteiger charge is -2.27. The van der Waals surface area contributed by atoms with Crippen molar-refractivity contribution in [3.63, 3.8) is 0 Å². The number of halogens is 1. The number of hydrogen-bond donors (Lipinski definition) is 2. The number of benzene rings is 1. The van der Waals surface area contributed by atoms with E-state index in [1.165, 1.54) is 12.8 Å². The van der Waals surface area contributed by atoms with Crippen molar-refractivity contribution >= 4 is 28.9 Å². The van der Waals surface area contributed by atoms with E-state index < -0.39 is 0 Å². The van der Waals surface area contributed by atoms with E-state index >= 15 is 0 Å². The summed E-state index contributed by atoms with van der Waals surface area (Å²) < 4.78 is 0. The van der Waals surface area contributed by atoms with Gasteiger partial charge >= 0.3 is 0 Å². The van der Waals surface area contributed by atoms with Crippen LogP contribution in [0.2, 0.25) is 5.02 Å². The molecular weight excluding hydrogens is 286 g/mol. The van der Waals surface area contributed by atoms with Crippen LogP contribution in [0.1, 0.15) is 33.1 Å². The number of rotatable bonds is 5. The van der Waals surface area contributed by atoms with Crippen LogP contribution in [0.3, 0.4) is 0 Å². The summed E-state index contributed by atoms with van der Waals surface area (Å²) in [4.78, 5) is 14.5. The van der Waals surface area contributed by atoms with Gasteiger partial charge in [-0.25, -0.2) is 0 Å². The highest BCUT2D eigenvalue weighted by molar-refractivity contribution is 6.33. The summed E-state index contributed by atoms with van der Waals surface area (Å²) >= 11 is 5.87. The van der Waals surface area contributed by atoms with Crippen LogP contribution in [0.5, 0.6) is 0 Å². The SMILES string of the molecule is CC(C)C1CCCN1CCC(=O)Nc1ccc(Cl)c(N)c1. The Morgan fingerprint density at radius 3 is 2.95 bits per heavy atom. The maximum atomic E-state index is 12.0. The summed E-state index contributed by atoms with van der Waals surface area (Å²) in [6, 6.07) is 5.77. The molecule has 116 valence electrons. The first kappa shape index (κ1) is 16.1. The fourth-order valence-electron chi connectivity index (χ4n) is 2.97. The van der Waals surface area contributed by atoms with Gasteiger partial charge in [-0.1, -0.05) is 25.4 Å². The van der Waals surface area contributed by atoms with E-state index in [0.29, 0.717) is 34.8 Å². The number of nitrogens with two attached hydrogens (primary N) is 1. The van der Waals surface area contributed by atoms with E-state index in [1.54, 1.807) is 18.2 Å². The van der Waals surface area contributed by atoms with Crippen molar-refractivity contribution in [3.8, 4) is 0 Å². The highest BCUT2D eigenvalue weighted by Gasteiger charge is 2.26. The molecule has 0 saturated carbocycles. The Kier molecular flexibility index (Phi) is 5.48. The largest absolute Gasteiger partial charge is 0.397 e. The van der Waals surface area contributed by atoms with E-state index in [0.717, 1.165) is 13.1 Å². The highest BCUT2D eigenvalue weighted by atomic mass is 35.5. The summed E-state index contributed by atoms with van der Waals surface area (Å²) in [5.74, 6) is 0.665. The highest BCUT2D eigenvalue weighted by Crippen LogP contribution is 2.24. The van der Waals surface area contributed by atoms with Gasteiger partial charge in [0.2, 0.25) is 5.91 Å². The smallest absolute Gasteiger partial charge is 0.225 e. The molecule has 1 aromatic rings. The summed E-state index contributed by atoms with van der Waals surface area (Å²) in [5.41, 5.74) is 6.91. The fourth-order valence-corrected chi connectivity index (χ4v) is 3.09. The van der Waals surface area contributed by atoms with Crippen molar-refractivity contribution in [2.75, 3.05) is 24.1 Å². The molecule has 21 heavy (non-hydrogen) atoms. The van der Waals surface area contributed by atoms with Crippen molar-refractivity contribution < 1.29 is 4.79 Å². The Hall–Kier alpha value is -1.26. The summed E-state index contributed by atoms with van der Waals surface area (Å²) in [6.45, 7) is 6.42. The van der Waals surface area contributed by atoms with Crippen molar-refractivity contribution in [3.05, 3.63) is 23.2 Å². The van der Waals surface area contributed by atoms with Crippen LogP contribution in [0.15, 0.2) is 18.2 Å². The minimum atomic E-state index is 0.0196. The van der Waals surface area contributed by atoms with E-state index in [1.807, 2.05) is 0 Å². The maximum Gasteiger partial charge on any atom is 0.225 e. The first-order chi connectivity index (χ1) is 9.97. The first-order valence-corrected chi connectivity index (χ1v) is 7.94. The van der Waals surface area contributed by atoms with E-state index in [-0.39, 0.29) is 5.91 Å². The number of hydrogen-bond acceptors (Lipinski definition) is 3. The molecule has 0 aliphatic carbocycles. The quantitative estimate of drug-likeness (QED) is 0.820. The van der Waals surface area contributed by atoms with Gasteiger partial charge in [-0.05, 0) is 43.5 Å². The van der Waals surface area contributed by atoms with Crippen LogP contribution in [0, 0.1) is 5.92 Å². The molecule has 0 spiro atoms. The number of nitrogens with one attached hydrogen (secondary N) is 1. The Bertz CT molecular complexity index is 504. The molecule has 0 bridgehead atoms. The predicted octanol–water partition coefficient (Wildman–Crippen LogP) is 3.37. The average Bonchev–Trinajstić information content (AvgIpc) is 2.89. The number of likely N-dealkylation sites (tertiary alicyclic amines) is 1. The third kappa shape index (κ3) is 4.35. The van der Waals surface area contributed by atoms with E-state index in [9.17, 15) is 4.79 Å². The lowest BCUT2D eigenvalue weighted by Crippen LogP contribution is -2.35. The number of amides is 1. The molecule has 1 aromatic carbocycles. The van der Waals surface area contributed by atoms with Gasteiger partial charge in [-0.15, -0.1) is 0 Å². The van der Waals surface area contributed by atoms with Crippen molar-refractivity contribution in [2.24, 2.45) is 5.92 Å². The molecule has 5 heteroatoms. The van der Waals surface area contributed by atoms with Gasteiger partial charge in [0, 0.05) is 24.7 Å². The second-order valence-electron chi connectivity index (χ2n) is 6.02. The van der Waals surface area contributed by atoms with Crippen LogP contribution in [-0.2, 0) is 4.79 Å². The third-order valence-corrected chi connectivity index (χ3v) is 4.43. The minimum Gasteiger partial charge on any atom is -0.397 e. The van der Waals surface area contributed by atoms with Crippen LogP contribution in [-0.4, -0.2) is 29.9 Å². The van der Waals surface area contributed by atoms with E-state index in [2.05, 4.69) is 24.1 Å². The van der Waals surface area contributed by atoms with Crippen LogP contribution < -0.4 is 11.1 Å². The van der Waals surface area contributed by atoms with Gasteiger partial charge in [0.05, 0.1) is 10.7 Å². The summed E-state index contributed by atoms with van der Waals surface area (Å²) in [7, 11) is 0. The third-order valence-electron chi connectivity index (χ3n) is 4.09. The van der Waals surface area contributed by atoms with Crippen molar-refractivity contribution in [2.45, 2.75) is 39.2 Å².